The van der Waals surface area contributed by atoms with E-state index in [9.17, 15) is 9.18 Å². The Kier molecular flexibility index (Phi) is 4.01. The standard InChI is InChI=1S/C19H17FN4O/c20-13-8-10-14(11-9-13)24-16-6-2-1-5-15(16)18(23-24)19(25)22-17-7-3-4-12-21-17/h3-4,7-12H,1-2,5-6H2,(H,21,22,25). The number of hydrogen-bond donors (Lipinski definition) is 1. The van der Waals surface area contributed by atoms with Gasteiger partial charge in [-0.25, -0.2) is 14.1 Å². The van der Waals surface area contributed by atoms with Crippen molar-refractivity contribution in [2.24, 2.45) is 0 Å². The van der Waals surface area contributed by atoms with E-state index in [1.807, 2.05) is 6.07 Å². The molecule has 3 aromatic rings. The molecule has 1 amide bonds. The number of amides is 1. The van der Waals surface area contributed by atoms with Gasteiger partial charge in [0.1, 0.15) is 11.6 Å². The lowest BCUT2D eigenvalue weighted by atomic mass is 9.95. The molecule has 6 heteroatoms. The maximum absolute atomic E-state index is 13.2. The van der Waals surface area contributed by atoms with E-state index < -0.39 is 0 Å². The molecule has 0 unspecified atom stereocenters. The number of carbonyl (C=O) groups is 1. The number of anilines is 1. The second kappa shape index (κ2) is 6.47. The average Bonchev–Trinajstić information content (AvgIpc) is 3.03. The van der Waals surface area contributed by atoms with Gasteiger partial charge in [-0.2, -0.15) is 5.10 Å². The first-order chi connectivity index (χ1) is 12.2. The van der Waals surface area contributed by atoms with Crippen LogP contribution in [-0.2, 0) is 12.8 Å². The third-order valence-electron chi connectivity index (χ3n) is 4.37. The molecule has 0 saturated carbocycles. The molecular weight excluding hydrogens is 319 g/mol. The summed E-state index contributed by atoms with van der Waals surface area (Å²) in [5.74, 6) is -0.0657. The van der Waals surface area contributed by atoms with E-state index in [-0.39, 0.29) is 11.7 Å². The van der Waals surface area contributed by atoms with Gasteiger partial charge in [-0.15, -0.1) is 0 Å². The molecular formula is C19H17FN4O. The fourth-order valence-electron chi connectivity index (χ4n) is 3.19. The number of rotatable bonds is 3. The zero-order chi connectivity index (χ0) is 17.2. The van der Waals surface area contributed by atoms with E-state index in [4.69, 9.17) is 0 Å². The van der Waals surface area contributed by atoms with Crippen LogP contribution in [0.5, 0.6) is 0 Å². The monoisotopic (exact) mass is 336 g/mol. The Hall–Kier alpha value is -3.02. The van der Waals surface area contributed by atoms with Gasteiger partial charge < -0.3 is 5.32 Å². The van der Waals surface area contributed by atoms with Crippen molar-refractivity contribution in [3.05, 3.63) is 71.4 Å². The summed E-state index contributed by atoms with van der Waals surface area (Å²) in [6, 6.07) is 11.5. The van der Waals surface area contributed by atoms with Gasteiger partial charge >= 0.3 is 0 Å². The summed E-state index contributed by atoms with van der Waals surface area (Å²) >= 11 is 0. The summed E-state index contributed by atoms with van der Waals surface area (Å²) < 4.78 is 15.0. The highest BCUT2D eigenvalue weighted by Gasteiger charge is 2.25. The summed E-state index contributed by atoms with van der Waals surface area (Å²) in [7, 11) is 0. The molecule has 2 aromatic heterocycles. The van der Waals surface area contributed by atoms with Crippen LogP contribution in [-0.4, -0.2) is 20.7 Å². The first-order valence-corrected chi connectivity index (χ1v) is 8.31. The van der Waals surface area contributed by atoms with Gasteiger partial charge in [0.25, 0.3) is 5.91 Å². The van der Waals surface area contributed by atoms with Crippen LogP contribution >= 0.6 is 0 Å². The highest BCUT2D eigenvalue weighted by molar-refractivity contribution is 6.03. The lowest BCUT2D eigenvalue weighted by molar-refractivity contribution is 0.102. The van der Waals surface area contributed by atoms with Crippen molar-refractivity contribution in [2.45, 2.75) is 25.7 Å². The SMILES string of the molecule is O=C(Nc1ccccn1)c1nn(-c2ccc(F)cc2)c2c1CCCC2. The number of carbonyl (C=O) groups excluding carboxylic acids is 1. The lowest BCUT2D eigenvalue weighted by Crippen LogP contribution is -2.16. The Morgan fingerprint density at radius 2 is 1.88 bits per heavy atom. The third-order valence-corrected chi connectivity index (χ3v) is 4.37. The van der Waals surface area contributed by atoms with E-state index >= 15 is 0 Å². The van der Waals surface area contributed by atoms with Crippen molar-refractivity contribution >= 4 is 11.7 Å². The van der Waals surface area contributed by atoms with Crippen molar-refractivity contribution in [3.63, 3.8) is 0 Å². The number of hydrogen-bond acceptors (Lipinski definition) is 3. The van der Waals surface area contributed by atoms with Crippen molar-refractivity contribution < 1.29 is 9.18 Å². The first kappa shape index (κ1) is 15.5. The molecule has 0 fully saturated rings. The van der Waals surface area contributed by atoms with Crippen LogP contribution in [0, 0.1) is 5.82 Å². The Labute approximate surface area is 144 Å². The molecule has 126 valence electrons. The van der Waals surface area contributed by atoms with Gasteiger partial charge in [-0.1, -0.05) is 6.07 Å². The van der Waals surface area contributed by atoms with Gasteiger partial charge in [0.15, 0.2) is 5.69 Å². The largest absolute Gasteiger partial charge is 0.305 e. The van der Waals surface area contributed by atoms with Crippen LogP contribution in [0.25, 0.3) is 5.69 Å². The number of pyridine rings is 1. The first-order valence-electron chi connectivity index (χ1n) is 8.31. The predicted octanol–water partition coefficient (Wildman–Crippen LogP) is 3.54. The maximum atomic E-state index is 13.2. The van der Waals surface area contributed by atoms with E-state index in [2.05, 4.69) is 15.4 Å². The second-order valence-electron chi connectivity index (χ2n) is 6.04. The van der Waals surface area contributed by atoms with Crippen molar-refractivity contribution in [1.82, 2.24) is 14.8 Å². The topological polar surface area (TPSA) is 59.8 Å². The summed E-state index contributed by atoms with van der Waals surface area (Å²) in [6.45, 7) is 0. The fourth-order valence-corrected chi connectivity index (χ4v) is 3.19. The molecule has 1 aromatic carbocycles. The maximum Gasteiger partial charge on any atom is 0.277 e. The Morgan fingerprint density at radius 1 is 1.08 bits per heavy atom. The quantitative estimate of drug-likeness (QED) is 0.796. The third kappa shape index (κ3) is 3.03. The summed E-state index contributed by atoms with van der Waals surface area (Å²) in [5.41, 5.74) is 3.19. The molecule has 0 atom stereocenters. The molecule has 1 N–H and O–H groups in total. The smallest absolute Gasteiger partial charge is 0.277 e. The number of fused-ring (bicyclic) bond motifs is 1. The molecule has 1 aliphatic rings. The Morgan fingerprint density at radius 3 is 2.64 bits per heavy atom. The van der Waals surface area contributed by atoms with Gasteiger partial charge in [0.05, 0.1) is 5.69 Å². The second-order valence-corrected chi connectivity index (χ2v) is 6.04. The molecule has 0 saturated heterocycles. The van der Waals surface area contributed by atoms with E-state index in [0.717, 1.165) is 42.6 Å². The van der Waals surface area contributed by atoms with Crippen LogP contribution in [0.1, 0.15) is 34.6 Å². The van der Waals surface area contributed by atoms with Crippen molar-refractivity contribution in [2.75, 3.05) is 5.32 Å². The number of nitrogens with zero attached hydrogens (tertiary/aromatic N) is 3. The van der Waals surface area contributed by atoms with Gasteiger partial charge in [0.2, 0.25) is 0 Å². The summed E-state index contributed by atoms with van der Waals surface area (Å²) in [4.78, 5) is 16.8. The Bertz CT molecular complexity index is 903. The van der Waals surface area contributed by atoms with Crippen molar-refractivity contribution in [1.29, 1.82) is 0 Å². The average molecular weight is 336 g/mol. The normalized spacial score (nSPS) is 13.3. The van der Waals surface area contributed by atoms with Gasteiger partial charge in [-0.05, 0) is 62.1 Å². The fraction of sp³-hybridized carbons (Fsp3) is 0.211. The van der Waals surface area contributed by atoms with Crippen LogP contribution in [0.15, 0.2) is 48.7 Å². The lowest BCUT2D eigenvalue weighted by Gasteiger charge is -2.14. The number of halogens is 1. The highest BCUT2D eigenvalue weighted by Crippen LogP contribution is 2.27. The number of nitrogens with one attached hydrogen (secondary N) is 1. The minimum atomic E-state index is -0.294. The minimum absolute atomic E-state index is 0.266. The molecule has 0 aliphatic heterocycles. The van der Waals surface area contributed by atoms with Crippen LogP contribution < -0.4 is 5.32 Å². The van der Waals surface area contributed by atoms with Crippen LogP contribution in [0.3, 0.4) is 0 Å². The minimum Gasteiger partial charge on any atom is -0.305 e. The molecule has 2 heterocycles. The predicted molar refractivity (Wildman–Crippen MR) is 92.4 cm³/mol. The molecule has 4 rings (SSSR count). The number of aromatic nitrogens is 3. The van der Waals surface area contributed by atoms with Crippen molar-refractivity contribution in [3.8, 4) is 5.69 Å². The van der Waals surface area contributed by atoms with Gasteiger partial charge in [-0.3, -0.25) is 4.79 Å². The molecule has 0 spiro atoms. The Balaban J connectivity index is 1.73. The summed E-state index contributed by atoms with van der Waals surface area (Å²) in [6.07, 6.45) is 5.40. The molecule has 0 radical (unpaired) electrons. The van der Waals surface area contributed by atoms with E-state index in [0.29, 0.717) is 11.5 Å². The number of benzene rings is 1. The van der Waals surface area contributed by atoms with Crippen LogP contribution in [0.4, 0.5) is 10.2 Å². The van der Waals surface area contributed by atoms with Gasteiger partial charge in [0, 0.05) is 17.5 Å². The van der Waals surface area contributed by atoms with Crippen LogP contribution in [0.2, 0.25) is 0 Å². The zero-order valence-electron chi connectivity index (χ0n) is 13.6. The summed E-state index contributed by atoms with van der Waals surface area (Å²) in [5, 5.41) is 7.34. The highest BCUT2D eigenvalue weighted by atomic mass is 19.1. The molecule has 0 bridgehead atoms. The van der Waals surface area contributed by atoms with E-state index in [1.165, 1.54) is 12.1 Å². The molecule has 25 heavy (non-hydrogen) atoms. The van der Waals surface area contributed by atoms with E-state index in [1.54, 1.807) is 35.1 Å². The molecule has 5 nitrogen and oxygen atoms in total. The zero-order valence-corrected chi connectivity index (χ0v) is 13.6. The molecule has 1 aliphatic carbocycles.